The van der Waals surface area contributed by atoms with Crippen LogP contribution in [0.15, 0.2) is 97.2 Å². The Bertz CT molecular complexity index is 1200. The van der Waals surface area contributed by atoms with E-state index in [9.17, 15) is 14.9 Å². The summed E-state index contributed by atoms with van der Waals surface area (Å²) < 4.78 is 11.8. The highest BCUT2D eigenvalue weighted by molar-refractivity contribution is 6.04. The number of nitrogens with one attached hydrogen (secondary N) is 1. The highest BCUT2D eigenvalue weighted by Crippen LogP contribution is 2.26. The van der Waals surface area contributed by atoms with Crippen LogP contribution in [0.3, 0.4) is 0 Å². The van der Waals surface area contributed by atoms with Gasteiger partial charge in [-0.25, -0.2) is 4.98 Å². The average Bonchev–Trinajstić information content (AvgIpc) is 2.87. The maximum absolute atomic E-state index is 12.9. The lowest BCUT2D eigenvalue weighted by Crippen LogP contribution is -2.13. The van der Waals surface area contributed by atoms with E-state index in [2.05, 4.69) is 10.3 Å². The maximum atomic E-state index is 12.9. The van der Waals surface area contributed by atoms with Crippen LogP contribution in [-0.4, -0.2) is 15.8 Å². The molecule has 1 amide bonds. The van der Waals surface area contributed by atoms with Gasteiger partial charge in [0, 0.05) is 17.7 Å². The zero-order chi connectivity index (χ0) is 23.8. The lowest BCUT2D eigenvalue weighted by molar-refractivity contribution is -0.385. The molecule has 0 aliphatic carbocycles. The molecule has 0 spiro atoms. The van der Waals surface area contributed by atoms with E-state index in [4.69, 9.17) is 9.47 Å². The van der Waals surface area contributed by atoms with Gasteiger partial charge in [0.2, 0.25) is 0 Å². The van der Waals surface area contributed by atoms with Crippen molar-refractivity contribution >= 4 is 17.4 Å². The fourth-order valence-corrected chi connectivity index (χ4v) is 3.11. The number of aromatic nitrogens is 1. The summed E-state index contributed by atoms with van der Waals surface area (Å²) >= 11 is 0. The molecule has 0 bridgehead atoms. The average molecular weight is 455 g/mol. The molecule has 0 unspecified atom stereocenters. The summed E-state index contributed by atoms with van der Waals surface area (Å²) in [6.07, 6.45) is 1.09. The van der Waals surface area contributed by atoms with Crippen molar-refractivity contribution in [3.8, 4) is 11.5 Å². The number of hydrogen-bond donors (Lipinski definition) is 1. The number of rotatable bonds is 9. The number of ether oxygens (including phenoxy) is 2. The Morgan fingerprint density at radius 3 is 1.85 bits per heavy atom. The first kappa shape index (κ1) is 22.5. The van der Waals surface area contributed by atoms with Crippen LogP contribution in [0.4, 0.5) is 11.5 Å². The number of benzene rings is 3. The molecule has 0 radical (unpaired) electrons. The Morgan fingerprint density at radius 2 is 1.38 bits per heavy atom. The Labute approximate surface area is 196 Å². The van der Waals surface area contributed by atoms with Crippen molar-refractivity contribution in [3.05, 3.63) is 124 Å². The highest BCUT2D eigenvalue weighted by atomic mass is 16.6. The summed E-state index contributed by atoms with van der Waals surface area (Å²) in [5.41, 5.74) is 2.11. The predicted molar refractivity (Wildman–Crippen MR) is 127 cm³/mol. The number of anilines is 1. The standard InChI is InChI=1S/C26H21N3O5/c30-26(28-25-12-11-22(16-27-25)29(31)32)21-13-23(33-17-19-7-3-1-4-8-19)15-24(14-21)34-18-20-9-5-2-6-10-20/h1-16H,17-18H2,(H,27,28,30). The predicted octanol–water partition coefficient (Wildman–Crippen LogP) is 5.40. The molecule has 0 saturated carbocycles. The molecule has 4 aromatic rings. The first-order valence-electron chi connectivity index (χ1n) is 10.5. The summed E-state index contributed by atoms with van der Waals surface area (Å²) in [5, 5.41) is 13.5. The largest absolute Gasteiger partial charge is 0.489 e. The van der Waals surface area contributed by atoms with E-state index in [0.717, 1.165) is 17.3 Å². The van der Waals surface area contributed by atoms with Crippen LogP contribution < -0.4 is 14.8 Å². The number of carbonyl (C=O) groups excluding carboxylic acids is 1. The van der Waals surface area contributed by atoms with Crippen molar-refractivity contribution in [1.29, 1.82) is 0 Å². The van der Waals surface area contributed by atoms with Crippen LogP contribution in [-0.2, 0) is 13.2 Å². The van der Waals surface area contributed by atoms with E-state index in [0.29, 0.717) is 30.3 Å². The Kier molecular flexibility index (Phi) is 7.09. The van der Waals surface area contributed by atoms with Crippen LogP contribution in [0.25, 0.3) is 0 Å². The van der Waals surface area contributed by atoms with Crippen molar-refractivity contribution in [1.82, 2.24) is 4.98 Å². The van der Waals surface area contributed by atoms with Gasteiger partial charge >= 0.3 is 0 Å². The molecule has 0 atom stereocenters. The maximum Gasteiger partial charge on any atom is 0.287 e. The topological polar surface area (TPSA) is 104 Å². The third kappa shape index (κ3) is 6.17. The summed E-state index contributed by atoms with van der Waals surface area (Å²) in [5.74, 6) is 0.682. The van der Waals surface area contributed by atoms with Crippen LogP contribution >= 0.6 is 0 Å². The monoisotopic (exact) mass is 455 g/mol. The van der Waals surface area contributed by atoms with Crippen molar-refractivity contribution in [2.45, 2.75) is 13.2 Å². The molecule has 0 aliphatic heterocycles. The number of pyridine rings is 1. The number of nitro groups is 1. The van der Waals surface area contributed by atoms with E-state index in [-0.39, 0.29) is 11.5 Å². The molecule has 1 heterocycles. The fraction of sp³-hybridized carbons (Fsp3) is 0.0769. The quantitative estimate of drug-likeness (QED) is 0.268. The smallest absolute Gasteiger partial charge is 0.287 e. The van der Waals surface area contributed by atoms with Crippen LogP contribution in [0.1, 0.15) is 21.5 Å². The van der Waals surface area contributed by atoms with Crippen molar-refractivity contribution in [2.24, 2.45) is 0 Å². The minimum atomic E-state index is -0.553. The zero-order valence-corrected chi connectivity index (χ0v) is 18.1. The van der Waals surface area contributed by atoms with Gasteiger partial charge in [-0.1, -0.05) is 60.7 Å². The third-order valence-corrected chi connectivity index (χ3v) is 4.84. The van der Waals surface area contributed by atoms with Gasteiger partial charge < -0.3 is 14.8 Å². The molecular weight excluding hydrogens is 434 g/mol. The van der Waals surface area contributed by atoms with E-state index < -0.39 is 10.8 Å². The van der Waals surface area contributed by atoms with Gasteiger partial charge in [-0.3, -0.25) is 14.9 Å². The molecule has 8 heteroatoms. The van der Waals surface area contributed by atoms with Gasteiger partial charge in [-0.05, 0) is 29.3 Å². The zero-order valence-electron chi connectivity index (χ0n) is 18.1. The Hall–Kier alpha value is -4.72. The number of amides is 1. The number of nitrogens with zero attached hydrogens (tertiary/aromatic N) is 2. The molecule has 170 valence electrons. The first-order chi connectivity index (χ1) is 16.6. The van der Waals surface area contributed by atoms with Gasteiger partial charge in [0.25, 0.3) is 11.6 Å². The van der Waals surface area contributed by atoms with Crippen molar-refractivity contribution in [2.75, 3.05) is 5.32 Å². The van der Waals surface area contributed by atoms with E-state index in [1.165, 1.54) is 12.1 Å². The molecule has 0 saturated heterocycles. The van der Waals surface area contributed by atoms with Crippen molar-refractivity contribution < 1.29 is 19.2 Å². The van der Waals surface area contributed by atoms with Crippen LogP contribution in [0, 0.1) is 10.1 Å². The minimum absolute atomic E-state index is 0.161. The molecule has 1 aromatic heterocycles. The summed E-state index contributed by atoms with van der Waals surface area (Å²) in [6, 6.07) is 26.9. The SMILES string of the molecule is O=C(Nc1ccc([N+](=O)[O-])cn1)c1cc(OCc2ccccc2)cc(OCc2ccccc2)c1. The van der Waals surface area contributed by atoms with E-state index >= 15 is 0 Å². The molecule has 1 N–H and O–H groups in total. The summed E-state index contributed by atoms with van der Waals surface area (Å²) in [4.78, 5) is 27.1. The van der Waals surface area contributed by atoms with Gasteiger partial charge in [0.1, 0.15) is 36.7 Å². The fourth-order valence-electron chi connectivity index (χ4n) is 3.11. The Balaban J connectivity index is 1.53. The molecule has 3 aromatic carbocycles. The molecule has 0 fully saturated rings. The van der Waals surface area contributed by atoms with Crippen LogP contribution in [0.2, 0.25) is 0 Å². The third-order valence-electron chi connectivity index (χ3n) is 4.84. The van der Waals surface area contributed by atoms with Gasteiger partial charge in [-0.2, -0.15) is 0 Å². The van der Waals surface area contributed by atoms with Gasteiger partial charge in [0.05, 0.1) is 4.92 Å². The Morgan fingerprint density at radius 1 is 0.824 bits per heavy atom. The van der Waals surface area contributed by atoms with E-state index in [1.807, 2.05) is 60.7 Å². The summed E-state index contributed by atoms with van der Waals surface area (Å²) in [6.45, 7) is 0.655. The second kappa shape index (κ2) is 10.7. The number of carbonyl (C=O) groups is 1. The molecule has 4 rings (SSSR count). The lowest BCUT2D eigenvalue weighted by atomic mass is 10.1. The van der Waals surface area contributed by atoms with Crippen molar-refractivity contribution in [3.63, 3.8) is 0 Å². The minimum Gasteiger partial charge on any atom is -0.489 e. The molecule has 8 nitrogen and oxygen atoms in total. The van der Waals surface area contributed by atoms with Crippen LogP contribution in [0.5, 0.6) is 11.5 Å². The highest BCUT2D eigenvalue weighted by Gasteiger charge is 2.13. The normalized spacial score (nSPS) is 10.4. The molecule has 0 aliphatic rings. The lowest BCUT2D eigenvalue weighted by Gasteiger charge is -2.13. The molecule has 34 heavy (non-hydrogen) atoms. The second-order valence-electron chi connectivity index (χ2n) is 7.35. The summed E-state index contributed by atoms with van der Waals surface area (Å²) in [7, 11) is 0. The number of hydrogen-bond acceptors (Lipinski definition) is 6. The molecular formula is C26H21N3O5. The van der Waals surface area contributed by atoms with E-state index in [1.54, 1.807) is 18.2 Å². The first-order valence-corrected chi connectivity index (χ1v) is 10.5. The van der Waals surface area contributed by atoms with Gasteiger partial charge in [-0.15, -0.1) is 0 Å². The van der Waals surface area contributed by atoms with Gasteiger partial charge in [0.15, 0.2) is 0 Å². The second-order valence-corrected chi connectivity index (χ2v) is 7.35.